The Bertz CT molecular complexity index is 650. The highest BCUT2D eigenvalue weighted by molar-refractivity contribution is 5.39. The zero-order valence-corrected chi connectivity index (χ0v) is 11.4. The number of rotatable bonds is 3. The smallest absolute Gasteiger partial charge is 0.194 e. The summed E-state index contributed by atoms with van der Waals surface area (Å²) in [6, 6.07) is 9.15. The molecule has 1 aliphatic heterocycles. The van der Waals surface area contributed by atoms with Crippen molar-refractivity contribution in [2.75, 3.05) is 7.05 Å². The van der Waals surface area contributed by atoms with Gasteiger partial charge in [-0.05, 0) is 24.7 Å². The maximum Gasteiger partial charge on any atom is 0.194 e. The average Bonchev–Trinajstić information content (AvgIpc) is 2.91. The van der Waals surface area contributed by atoms with Crippen LogP contribution >= 0.6 is 0 Å². The van der Waals surface area contributed by atoms with Gasteiger partial charge >= 0.3 is 0 Å². The standard InChI is InChI=1S/C16H14F3NO/c1-20-16(10-6-7-11(17)15(19)14(10)18)13-8-9-4-2-3-5-12(9)21-13/h2-7,13,16,20H,8H2,1H3. The van der Waals surface area contributed by atoms with Crippen molar-refractivity contribution in [3.8, 4) is 5.75 Å². The third kappa shape index (κ3) is 2.38. The molecule has 21 heavy (non-hydrogen) atoms. The van der Waals surface area contributed by atoms with E-state index in [2.05, 4.69) is 5.32 Å². The van der Waals surface area contributed by atoms with E-state index in [9.17, 15) is 13.2 Å². The molecule has 0 saturated heterocycles. The lowest BCUT2D eigenvalue weighted by Gasteiger charge is -2.23. The van der Waals surface area contributed by atoms with Gasteiger partial charge in [0.25, 0.3) is 0 Å². The first-order chi connectivity index (χ1) is 10.1. The second-order valence-electron chi connectivity index (χ2n) is 5.00. The molecule has 5 heteroatoms. The van der Waals surface area contributed by atoms with Crippen molar-refractivity contribution in [3.63, 3.8) is 0 Å². The van der Waals surface area contributed by atoms with E-state index in [0.29, 0.717) is 6.42 Å². The van der Waals surface area contributed by atoms with Crippen LogP contribution in [0.1, 0.15) is 17.2 Å². The van der Waals surface area contributed by atoms with Crippen LogP contribution in [0.5, 0.6) is 5.75 Å². The van der Waals surface area contributed by atoms with Crippen LogP contribution < -0.4 is 10.1 Å². The first kappa shape index (κ1) is 13.9. The highest BCUT2D eigenvalue weighted by atomic mass is 19.2. The van der Waals surface area contributed by atoms with Crippen LogP contribution in [-0.2, 0) is 6.42 Å². The number of halogens is 3. The Morgan fingerprint density at radius 1 is 1.10 bits per heavy atom. The molecule has 2 unspecified atom stereocenters. The second-order valence-corrected chi connectivity index (χ2v) is 5.00. The minimum Gasteiger partial charge on any atom is -0.488 e. The molecule has 2 aromatic carbocycles. The van der Waals surface area contributed by atoms with E-state index in [4.69, 9.17) is 4.74 Å². The molecule has 0 saturated carbocycles. The lowest BCUT2D eigenvalue weighted by molar-refractivity contribution is 0.180. The van der Waals surface area contributed by atoms with E-state index in [-0.39, 0.29) is 11.7 Å². The van der Waals surface area contributed by atoms with Gasteiger partial charge in [-0.1, -0.05) is 24.3 Å². The van der Waals surface area contributed by atoms with Crippen LogP contribution in [0.15, 0.2) is 36.4 Å². The number of benzene rings is 2. The van der Waals surface area contributed by atoms with Crippen LogP contribution in [0.4, 0.5) is 13.2 Å². The van der Waals surface area contributed by atoms with Crippen LogP contribution in [0.25, 0.3) is 0 Å². The summed E-state index contributed by atoms with van der Waals surface area (Å²) >= 11 is 0. The van der Waals surface area contributed by atoms with E-state index < -0.39 is 23.5 Å². The van der Waals surface area contributed by atoms with E-state index in [1.165, 1.54) is 6.07 Å². The van der Waals surface area contributed by atoms with Gasteiger partial charge in [0.05, 0.1) is 6.04 Å². The van der Waals surface area contributed by atoms with Gasteiger partial charge in [0.1, 0.15) is 11.9 Å². The summed E-state index contributed by atoms with van der Waals surface area (Å²) in [7, 11) is 1.64. The monoisotopic (exact) mass is 293 g/mol. The fourth-order valence-electron chi connectivity index (χ4n) is 2.72. The summed E-state index contributed by atoms with van der Waals surface area (Å²) in [4.78, 5) is 0. The Morgan fingerprint density at radius 3 is 2.57 bits per heavy atom. The molecular weight excluding hydrogens is 279 g/mol. The summed E-state index contributed by atoms with van der Waals surface area (Å²) < 4.78 is 46.2. The largest absolute Gasteiger partial charge is 0.488 e. The summed E-state index contributed by atoms with van der Waals surface area (Å²) in [5, 5.41) is 2.93. The number of hydrogen-bond donors (Lipinski definition) is 1. The van der Waals surface area contributed by atoms with Gasteiger partial charge < -0.3 is 10.1 Å². The second kappa shape index (κ2) is 5.41. The zero-order chi connectivity index (χ0) is 15.0. The van der Waals surface area contributed by atoms with E-state index in [1.54, 1.807) is 7.05 Å². The van der Waals surface area contributed by atoms with Crippen molar-refractivity contribution in [2.45, 2.75) is 18.6 Å². The van der Waals surface area contributed by atoms with Crippen molar-refractivity contribution >= 4 is 0 Å². The molecule has 0 aromatic heterocycles. The summed E-state index contributed by atoms with van der Waals surface area (Å²) in [5.74, 6) is -3.08. The highest BCUT2D eigenvalue weighted by Crippen LogP contribution is 2.35. The SMILES string of the molecule is CNC(c1ccc(F)c(F)c1F)C1Cc2ccccc2O1. The molecule has 1 aliphatic rings. The summed E-state index contributed by atoms with van der Waals surface area (Å²) in [5.41, 5.74) is 1.08. The van der Waals surface area contributed by atoms with Gasteiger partial charge in [-0.25, -0.2) is 13.2 Å². The Balaban J connectivity index is 1.93. The number of likely N-dealkylation sites (N-methyl/N-ethyl adjacent to an activating group) is 1. The van der Waals surface area contributed by atoms with Crippen molar-refractivity contribution in [1.29, 1.82) is 0 Å². The van der Waals surface area contributed by atoms with Gasteiger partial charge in [-0.15, -0.1) is 0 Å². The van der Waals surface area contributed by atoms with E-state index in [1.807, 2.05) is 24.3 Å². The molecule has 1 heterocycles. The molecule has 2 nitrogen and oxygen atoms in total. The quantitative estimate of drug-likeness (QED) is 0.876. The first-order valence-corrected chi connectivity index (χ1v) is 6.67. The van der Waals surface area contributed by atoms with Crippen LogP contribution in [-0.4, -0.2) is 13.2 Å². The van der Waals surface area contributed by atoms with Gasteiger partial charge in [-0.2, -0.15) is 0 Å². The predicted molar refractivity (Wildman–Crippen MR) is 72.7 cm³/mol. The molecule has 0 amide bonds. The van der Waals surface area contributed by atoms with Crippen molar-refractivity contribution in [2.24, 2.45) is 0 Å². The van der Waals surface area contributed by atoms with Crippen LogP contribution in [0, 0.1) is 17.5 Å². The number of ether oxygens (including phenoxy) is 1. The maximum atomic E-state index is 14.0. The van der Waals surface area contributed by atoms with Gasteiger partial charge in [0, 0.05) is 12.0 Å². The molecule has 0 bridgehead atoms. The number of hydrogen-bond acceptors (Lipinski definition) is 2. The highest BCUT2D eigenvalue weighted by Gasteiger charge is 2.33. The Morgan fingerprint density at radius 2 is 1.86 bits per heavy atom. The molecule has 2 aromatic rings. The van der Waals surface area contributed by atoms with Gasteiger partial charge in [0.15, 0.2) is 17.5 Å². The average molecular weight is 293 g/mol. The topological polar surface area (TPSA) is 21.3 Å². The van der Waals surface area contributed by atoms with E-state index >= 15 is 0 Å². The van der Waals surface area contributed by atoms with Crippen molar-refractivity contribution in [1.82, 2.24) is 5.32 Å². The zero-order valence-electron chi connectivity index (χ0n) is 11.4. The Labute approximate surface area is 120 Å². The Kier molecular flexibility index (Phi) is 3.59. The number of nitrogens with one attached hydrogen (secondary N) is 1. The van der Waals surface area contributed by atoms with E-state index in [0.717, 1.165) is 17.4 Å². The third-order valence-corrected chi connectivity index (χ3v) is 3.75. The van der Waals surface area contributed by atoms with Crippen molar-refractivity contribution < 1.29 is 17.9 Å². The lowest BCUT2D eigenvalue weighted by atomic mass is 9.97. The predicted octanol–water partition coefficient (Wildman–Crippen LogP) is 3.37. The van der Waals surface area contributed by atoms with Crippen LogP contribution in [0.3, 0.4) is 0 Å². The van der Waals surface area contributed by atoms with Crippen LogP contribution in [0.2, 0.25) is 0 Å². The van der Waals surface area contributed by atoms with Gasteiger partial charge in [0.2, 0.25) is 0 Å². The fourth-order valence-corrected chi connectivity index (χ4v) is 2.72. The van der Waals surface area contributed by atoms with Gasteiger partial charge in [-0.3, -0.25) is 0 Å². The molecule has 3 rings (SSSR count). The number of para-hydroxylation sites is 1. The normalized spacial score (nSPS) is 18.2. The molecular formula is C16H14F3NO. The van der Waals surface area contributed by atoms with Crippen molar-refractivity contribution in [3.05, 3.63) is 65.0 Å². The molecule has 0 fully saturated rings. The minimum atomic E-state index is -1.46. The third-order valence-electron chi connectivity index (χ3n) is 3.75. The Hall–Kier alpha value is -2.01. The maximum absolute atomic E-state index is 14.0. The molecule has 0 radical (unpaired) electrons. The molecule has 110 valence electrons. The molecule has 1 N–H and O–H groups in total. The fraction of sp³-hybridized carbons (Fsp3) is 0.250. The summed E-state index contributed by atoms with van der Waals surface area (Å²) in [6.45, 7) is 0. The lowest BCUT2D eigenvalue weighted by Crippen LogP contribution is -2.33. The molecule has 2 atom stereocenters. The molecule has 0 aliphatic carbocycles. The number of fused-ring (bicyclic) bond motifs is 1. The first-order valence-electron chi connectivity index (χ1n) is 6.67. The summed E-state index contributed by atoms with van der Waals surface area (Å²) in [6.07, 6.45) is 0.215. The molecule has 0 spiro atoms. The minimum absolute atomic E-state index is 0.0641.